The van der Waals surface area contributed by atoms with Crippen LogP contribution in [0, 0.1) is 17.8 Å². The largest absolute Gasteiger partial charge is 0.0925 e. The molecule has 0 N–H and O–H groups in total. The first-order valence-electron chi connectivity index (χ1n) is 3.46. The minimum atomic E-state index is 1.06. The Kier molecular flexibility index (Phi) is 1.14. The molecule has 0 aromatic rings. The summed E-state index contributed by atoms with van der Waals surface area (Å²) >= 11 is 3.54. The van der Waals surface area contributed by atoms with Crippen molar-refractivity contribution < 1.29 is 0 Å². The summed E-state index contributed by atoms with van der Waals surface area (Å²) in [5.41, 5.74) is 0. The minimum absolute atomic E-state index is 1.06. The number of rotatable bonds is 1. The number of alkyl halides is 1. The molecule has 1 atom stereocenters. The molecule has 1 unspecified atom stereocenters. The maximum Gasteiger partial charge on any atom is 0.00624 e. The summed E-state index contributed by atoms with van der Waals surface area (Å²) in [5.74, 6) is 3.32. The molecule has 3 aliphatic rings. The van der Waals surface area contributed by atoms with E-state index >= 15 is 0 Å². The Labute approximate surface area is 58.8 Å². The molecule has 3 aliphatic carbocycles. The minimum Gasteiger partial charge on any atom is -0.0925 e. The van der Waals surface area contributed by atoms with Gasteiger partial charge in [0.15, 0.2) is 0 Å². The lowest BCUT2D eigenvalue weighted by atomic mass is 9.83. The third-order valence-corrected chi connectivity index (χ3v) is 3.60. The summed E-state index contributed by atoms with van der Waals surface area (Å²) in [7, 11) is 0. The smallest absolute Gasteiger partial charge is 0.00624 e. The molecule has 0 saturated heterocycles. The van der Waals surface area contributed by atoms with Gasteiger partial charge in [-0.2, -0.15) is 0 Å². The van der Waals surface area contributed by atoms with Crippen molar-refractivity contribution in [2.75, 3.05) is 5.33 Å². The van der Waals surface area contributed by atoms with E-state index in [4.69, 9.17) is 0 Å². The molecule has 3 rings (SSSR count). The molecule has 3 saturated carbocycles. The summed E-state index contributed by atoms with van der Waals surface area (Å²) in [6.07, 6.45) is 4.63. The summed E-state index contributed by atoms with van der Waals surface area (Å²) in [6, 6.07) is 0. The van der Waals surface area contributed by atoms with E-state index in [-0.39, 0.29) is 0 Å². The fourth-order valence-electron chi connectivity index (χ4n) is 2.17. The van der Waals surface area contributed by atoms with Crippen molar-refractivity contribution in [3.8, 4) is 0 Å². The summed E-state index contributed by atoms with van der Waals surface area (Å²) in [4.78, 5) is 0. The summed E-state index contributed by atoms with van der Waals surface area (Å²) < 4.78 is 0. The van der Waals surface area contributed by atoms with Crippen molar-refractivity contribution in [3.05, 3.63) is 0 Å². The lowest BCUT2D eigenvalue weighted by Crippen LogP contribution is -2.14. The van der Waals surface area contributed by atoms with E-state index in [9.17, 15) is 0 Å². The van der Waals surface area contributed by atoms with Crippen LogP contribution in [-0.4, -0.2) is 5.33 Å². The predicted octanol–water partition coefficient (Wildman–Crippen LogP) is 2.43. The molecule has 8 heavy (non-hydrogen) atoms. The van der Waals surface area contributed by atoms with Crippen LogP contribution in [0.3, 0.4) is 0 Å². The standard InChI is InChI=1S/C7H11Br/c8-4-7-3-5-1-6(7)2-5/h5-7H,1-4H2. The first kappa shape index (κ1) is 5.28. The van der Waals surface area contributed by atoms with Crippen molar-refractivity contribution in [2.45, 2.75) is 19.3 Å². The summed E-state index contributed by atoms with van der Waals surface area (Å²) in [5, 5.41) is 1.26. The number of fused-ring (bicyclic) bond motifs is 1. The third-order valence-electron chi connectivity index (χ3n) is 2.77. The van der Waals surface area contributed by atoms with Crippen LogP contribution in [-0.2, 0) is 0 Å². The number of hydrogen-bond acceptors (Lipinski definition) is 0. The Morgan fingerprint density at radius 3 is 2.25 bits per heavy atom. The van der Waals surface area contributed by atoms with E-state index in [0.717, 1.165) is 17.8 Å². The van der Waals surface area contributed by atoms with E-state index in [0.29, 0.717) is 0 Å². The second-order valence-electron chi connectivity index (χ2n) is 3.25. The Morgan fingerprint density at radius 2 is 2.00 bits per heavy atom. The van der Waals surface area contributed by atoms with Gasteiger partial charge in [-0.1, -0.05) is 15.9 Å². The van der Waals surface area contributed by atoms with E-state index < -0.39 is 0 Å². The maximum atomic E-state index is 3.54. The molecule has 0 aliphatic heterocycles. The van der Waals surface area contributed by atoms with Gasteiger partial charge in [0.25, 0.3) is 0 Å². The van der Waals surface area contributed by atoms with E-state index in [1.54, 1.807) is 12.8 Å². The molecule has 46 valence electrons. The van der Waals surface area contributed by atoms with Gasteiger partial charge in [0.2, 0.25) is 0 Å². The van der Waals surface area contributed by atoms with Crippen molar-refractivity contribution in [3.63, 3.8) is 0 Å². The van der Waals surface area contributed by atoms with Crippen LogP contribution in [0.4, 0.5) is 0 Å². The highest BCUT2D eigenvalue weighted by molar-refractivity contribution is 9.09. The van der Waals surface area contributed by atoms with Gasteiger partial charge in [-0.15, -0.1) is 0 Å². The van der Waals surface area contributed by atoms with Crippen LogP contribution >= 0.6 is 15.9 Å². The molecule has 0 radical (unpaired) electrons. The van der Waals surface area contributed by atoms with Crippen LogP contribution in [0.5, 0.6) is 0 Å². The quantitative estimate of drug-likeness (QED) is 0.537. The molecule has 2 bridgehead atoms. The van der Waals surface area contributed by atoms with E-state index in [1.165, 1.54) is 11.8 Å². The SMILES string of the molecule is BrCC1CC2CC1C2. The first-order valence-corrected chi connectivity index (χ1v) is 4.58. The molecule has 0 amide bonds. The monoisotopic (exact) mass is 174 g/mol. The average Bonchev–Trinajstić information content (AvgIpc) is 2.15. The van der Waals surface area contributed by atoms with Gasteiger partial charge in [0.1, 0.15) is 0 Å². The maximum absolute atomic E-state index is 3.54. The highest BCUT2D eigenvalue weighted by Gasteiger charge is 2.43. The van der Waals surface area contributed by atoms with Gasteiger partial charge in [-0.05, 0) is 37.0 Å². The molecule has 0 heterocycles. The van der Waals surface area contributed by atoms with Crippen molar-refractivity contribution >= 4 is 15.9 Å². The van der Waals surface area contributed by atoms with Crippen LogP contribution in [0.1, 0.15) is 19.3 Å². The Bertz CT molecular complexity index is 94.6. The summed E-state index contributed by atoms with van der Waals surface area (Å²) in [6.45, 7) is 0. The van der Waals surface area contributed by atoms with Crippen molar-refractivity contribution in [1.29, 1.82) is 0 Å². The number of halogens is 1. The molecule has 0 spiro atoms. The second kappa shape index (κ2) is 1.73. The second-order valence-corrected chi connectivity index (χ2v) is 3.90. The third kappa shape index (κ3) is 0.570. The zero-order valence-corrected chi connectivity index (χ0v) is 6.52. The predicted molar refractivity (Wildman–Crippen MR) is 38.1 cm³/mol. The first-order chi connectivity index (χ1) is 3.90. The average molecular weight is 175 g/mol. The zero-order valence-electron chi connectivity index (χ0n) is 4.94. The van der Waals surface area contributed by atoms with Gasteiger partial charge >= 0.3 is 0 Å². The van der Waals surface area contributed by atoms with Crippen LogP contribution < -0.4 is 0 Å². The van der Waals surface area contributed by atoms with Crippen LogP contribution in [0.2, 0.25) is 0 Å². The van der Waals surface area contributed by atoms with Gasteiger partial charge in [0.05, 0.1) is 0 Å². The molecular formula is C7H11Br. The lowest BCUT2D eigenvalue weighted by Gasteiger charge is -2.23. The van der Waals surface area contributed by atoms with E-state index in [2.05, 4.69) is 15.9 Å². The fourth-order valence-corrected chi connectivity index (χ4v) is 2.97. The number of hydrogen-bond donors (Lipinski definition) is 0. The topological polar surface area (TPSA) is 0 Å². The Balaban J connectivity index is 2.00. The fraction of sp³-hybridized carbons (Fsp3) is 1.00. The van der Waals surface area contributed by atoms with Crippen molar-refractivity contribution in [2.24, 2.45) is 17.8 Å². The van der Waals surface area contributed by atoms with E-state index in [1.807, 2.05) is 0 Å². The van der Waals surface area contributed by atoms with Gasteiger partial charge < -0.3 is 0 Å². The zero-order chi connectivity index (χ0) is 5.56. The Hall–Kier alpha value is 0.480. The molecule has 0 aromatic carbocycles. The lowest BCUT2D eigenvalue weighted by molar-refractivity contribution is 0.283. The molecule has 1 heteroatoms. The highest BCUT2D eigenvalue weighted by Crippen LogP contribution is 2.52. The molecular weight excluding hydrogens is 164 g/mol. The van der Waals surface area contributed by atoms with Gasteiger partial charge in [-0.3, -0.25) is 0 Å². The Morgan fingerprint density at radius 1 is 1.25 bits per heavy atom. The highest BCUT2D eigenvalue weighted by atomic mass is 79.9. The van der Waals surface area contributed by atoms with Crippen LogP contribution in [0.15, 0.2) is 0 Å². The van der Waals surface area contributed by atoms with Gasteiger partial charge in [0, 0.05) is 5.33 Å². The molecule has 3 fully saturated rings. The van der Waals surface area contributed by atoms with Gasteiger partial charge in [-0.25, -0.2) is 0 Å². The normalized spacial score (nSPS) is 51.4. The van der Waals surface area contributed by atoms with Crippen LogP contribution in [0.25, 0.3) is 0 Å². The van der Waals surface area contributed by atoms with Crippen molar-refractivity contribution in [1.82, 2.24) is 0 Å². The molecule has 0 aromatic heterocycles. The molecule has 0 nitrogen and oxygen atoms in total.